The topological polar surface area (TPSA) is 57.5 Å². The predicted molar refractivity (Wildman–Crippen MR) is 96.8 cm³/mol. The molecule has 0 fully saturated rings. The third kappa shape index (κ3) is 14.6. The molecule has 2 nitrogen and oxygen atoms in total. The Morgan fingerprint density at radius 1 is 0.524 bits per heavy atom. The van der Waals surface area contributed by atoms with Crippen LogP contribution in [-0.2, 0) is 0 Å². The summed E-state index contributed by atoms with van der Waals surface area (Å²) in [6, 6.07) is 0. The Labute approximate surface area is 134 Å². The van der Waals surface area contributed by atoms with Crippen molar-refractivity contribution in [2.24, 2.45) is 5.73 Å². The largest absolute Gasteiger partial charge is 0.412 e. The molecule has 2 heteroatoms. The highest BCUT2D eigenvalue weighted by Gasteiger charge is 2.23. The Morgan fingerprint density at radius 2 is 0.810 bits per heavy atom. The van der Waals surface area contributed by atoms with E-state index >= 15 is 0 Å². The van der Waals surface area contributed by atoms with Gasteiger partial charge in [0.25, 0.3) is 0 Å². The van der Waals surface area contributed by atoms with Crippen LogP contribution in [-0.4, -0.2) is 11.0 Å². The second-order valence-electron chi connectivity index (χ2n) is 6.79. The Morgan fingerprint density at radius 3 is 1.05 bits per heavy atom. The minimum absolute atomic E-state index is 0. The molecular weight excluding hydrogens is 258 g/mol. The van der Waals surface area contributed by atoms with Gasteiger partial charge in [0.1, 0.15) is 0 Å². The first-order valence-corrected chi connectivity index (χ1v) is 9.47. The average molecular weight is 302 g/mol. The van der Waals surface area contributed by atoms with Crippen molar-refractivity contribution < 1.29 is 5.48 Å². The lowest BCUT2D eigenvalue weighted by atomic mass is 9.83. The molecule has 0 radical (unpaired) electrons. The summed E-state index contributed by atoms with van der Waals surface area (Å²) >= 11 is 0. The SMILES string of the molecule is CCCCCCC(N)(CCCCCC)CCCCCC.O. The van der Waals surface area contributed by atoms with Gasteiger partial charge in [-0.3, -0.25) is 0 Å². The lowest BCUT2D eigenvalue weighted by Crippen LogP contribution is -2.39. The Hall–Kier alpha value is -0.0800. The van der Waals surface area contributed by atoms with E-state index in [4.69, 9.17) is 5.73 Å². The average Bonchev–Trinajstić information content (AvgIpc) is 2.45. The highest BCUT2D eigenvalue weighted by molar-refractivity contribution is 4.84. The van der Waals surface area contributed by atoms with Crippen LogP contribution in [0.25, 0.3) is 0 Å². The van der Waals surface area contributed by atoms with Crippen LogP contribution in [0.15, 0.2) is 0 Å². The minimum Gasteiger partial charge on any atom is -0.412 e. The molecule has 0 aromatic heterocycles. The highest BCUT2D eigenvalue weighted by atomic mass is 16.0. The van der Waals surface area contributed by atoms with E-state index in [0.717, 1.165) is 0 Å². The summed E-state index contributed by atoms with van der Waals surface area (Å²) in [5.41, 5.74) is 6.89. The molecular formula is C19H43NO. The summed E-state index contributed by atoms with van der Waals surface area (Å²) in [6.07, 6.45) is 20.0. The molecule has 0 saturated carbocycles. The van der Waals surface area contributed by atoms with Crippen LogP contribution in [0.5, 0.6) is 0 Å². The van der Waals surface area contributed by atoms with Crippen molar-refractivity contribution >= 4 is 0 Å². The van der Waals surface area contributed by atoms with Crippen LogP contribution in [0.4, 0.5) is 0 Å². The number of nitrogens with two attached hydrogens (primary N) is 1. The third-order valence-corrected chi connectivity index (χ3v) is 4.58. The molecule has 0 aromatic carbocycles. The Balaban J connectivity index is 0. The first-order chi connectivity index (χ1) is 9.68. The minimum atomic E-state index is 0. The zero-order chi connectivity index (χ0) is 15.1. The zero-order valence-electron chi connectivity index (χ0n) is 15.2. The fourth-order valence-electron chi connectivity index (χ4n) is 3.09. The molecule has 0 saturated heterocycles. The van der Waals surface area contributed by atoms with Gasteiger partial charge in [-0.15, -0.1) is 0 Å². The molecule has 0 unspecified atom stereocenters. The van der Waals surface area contributed by atoms with Gasteiger partial charge in [0, 0.05) is 5.54 Å². The van der Waals surface area contributed by atoms with E-state index in [1.54, 1.807) is 0 Å². The maximum absolute atomic E-state index is 6.74. The van der Waals surface area contributed by atoms with Crippen LogP contribution >= 0.6 is 0 Å². The summed E-state index contributed by atoms with van der Waals surface area (Å²) in [5, 5.41) is 0. The van der Waals surface area contributed by atoms with E-state index in [0.29, 0.717) is 0 Å². The van der Waals surface area contributed by atoms with Crippen molar-refractivity contribution in [1.29, 1.82) is 0 Å². The molecule has 0 spiro atoms. The summed E-state index contributed by atoms with van der Waals surface area (Å²) in [7, 11) is 0. The van der Waals surface area contributed by atoms with E-state index in [2.05, 4.69) is 20.8 Å². The maximum atomic E-state index is 6.74. The molecule has 130 valence electrons. The number of hydrogen-bond acceptors (Lipinski definition) is 1. The van der Waals surface area contributed by atoms with Gasteiger partial charge < -0.3 is 11.2 Å². The van der Waals surface area contributed by atoms with Crippen molar-refractivity contribution in [1.82, 2.24) is 0 Å². The van der Waals surface area contributed by atoms with Crippen molar-refractivity contribution in [2.45, 2.75) is 123 Å². The molecule has 0 aliphatic rings. The first kappa shape index (κ1) is 23.2. The molecule has 0 atom stereocenters. The summed E-state index contributed by atoms with van der Waals surface area (Å²) in [4.78, 5) is 0. The quantitative estimate of drug-likeness (QED) is 0.383. The number of unbranched alkanes of at least 4 members (excludes halogenated alkanes) is 9. The molecule has 0 amide bonds. The molecule has 0 aliphatic carbocycles. The summed E-state index contributed by atoms with van der Waals surface area (Å²) < 4.78 is 0. The highest BCUT2D eigenvalue weighted by Crippen LogP contribution is 2.26. The first-order valence-electron chi connectivity index (χ1n) is 9.47. The fourth-order valence-corrected chi connectivity index (χ4v) is 3.09. The van der Waals surface area contributed by atoms with Crippen molar-refractivity contribution in [3.63, 3.8) is 0 Å². The van der Waals surface area contributed by atoms with Gasteiger partial charge >= 0.3 is 0 Å². The van der Waals surface area contributed by atoms with Gasteiger partial charge in [-0.05, 0) is 19.3 Å². The van der Waals surface area contributed by atoms with Crippen LogP contribution in [0, 0.1) is 0 Å². The van der Waals surface area contributed by atoms with E-state index < -0.39 is 0 Å². The van der Waals surface area contributed by atoms with Gasteiger partial charge in [0.05, 0.1) is 0 Å². The van der Waals surface area contributed by atoms with E-state index in [1.807, 2.05) is 0 Å². The van der Waals surface area contributed by atoms with Gasteiger partial charge in [0.2, 0.25) is 0 Å². The third-order valence-electron chi connectivity index (χ3n) is 4.58. The predicted octanol–water partition coefficient (Wildman–Crippen LogP) is 5.77. The lowest BCUT2D eigenvalue weighted by molar-refractivity contribution is 0.304. The second kappa shape index (κ2) is 16.3. The monoisotopic (exact) mass is 301 g/mol. The van der Waals surface area contributed by atoms with Crippen molar-refractivity contribution in [3.05, 3.63) is 0 Å². The lowest BCUT2D eigenvalue weighted by Gasteiger charge is -2.30. The number of rotatable bonds is 15. The van der Waals surface area contributed by atoms with Gasteiger partial charge in [-0.2, -0.15) is 0 Å². The van der Waals surface area contributed by atoms with Crippen LogP contribution in [0.3, 0.4) is 0 Å². The second-order valence-corrected chi connectivity index (χ2v) is 6.79. The molecule has 0 rings (SSSR count). The molecule has 0 aliphatic heterocycles. The molecule has 0 aromatic rings. The maximum Gasteiger partial charge on any atom is 0.0154 e. The standard InChI is InChI=1S/C19H41N.H2O/c1-4-7-10-13-16-19(20,17-14-11-8-5-2)18-15-12-9-6-3;/h4-18,20H2,1-3H3;1H2. The van der Waals surface area contributed by atoms with E-state index in [9.17, 15) is 0 Å². The van der Waals surface area contributed by atoms with Gasteiger partial charge in [-0.25, -0.2) is 0 Å². The van der Waals surface area contributed by atoms with Crippen LogP contribution < -0.4 is 5.73 Å². The van der Waals surface area contributed by atoms with E-state index in [1.165, 1.54) is 96.3 Å². The van der Waals surface area contributed by atoms with Gasteiger partial charge in [0.15, 0.2) is 0 Å². The molecule has 21 heavy (non-hydrogen) atoms. The summed E-state index contributed by atoms with van der Waals surface area (Å²) in [5.74, 6) is 0. The van der Waals surface area contributed by atoms with E-state index in [-0.39, 0.29) is 11.0 Å². The molecule has 4 N–H and O–H groups in total. The smallest absolute Gasteiger partial charge is 0.0154 e. The Bertz CT molecular complexity index is 163. The fraction of sp³-hybridized carbons (Fsp3) is 1.00. The van der Waals surface area contributed by atoms with Crippen molar-refractivity contribution in [2.75, 3.05) is 0 Å². The summed E-state index contributed by atoms with van der Waals surface area (Å²) in [6.45, 7) is 6.85. The van der Waals surface area contributed by atoms with Gasteiger partial charge in [-0.1, -0.05) is 97.8 Å². The van der Waals surface area contributed by atoms with Crippen molar-refractivity contribution in [3.8, 4) is 0 Å². The number of hydrogen-bond donors (Lipinski definition) is 1. The molecule has 0 bridgehead atoms. The Kier molecular flexibility index (Phi) is 18.0. The normalized spacial score (nSPS) is 11.4. The van der Waals surface area contributed by atoms with Crippen LogP contribution in [0.2, 0.25) is 0 Å². The molecule has 0 heterocycles. The van der Waals surface area contributed by atoms with Crippen LogP contribution in [0.1, 0.15) is 117 Å². The zero-order valence-corrected chi connectivity index (χ0v) is 15.2.